The number of carbonyl (C=O) groups is 2. The van der Waals surface area contributed by atoms with Gasteiger partial charge in [0.15, 0.2) is 0 Å². The van der Waals surface area contributed by atoms with E-state index in [0.717, 1.165) is 5.75 Å². The highest BCUT2D eigenvalue weighted by Crippen LogP contribution is 2.05. The number of allylic oxidation sites excluding steroid dienone is 2. The number of hydrogen-bond donors (Lipinski definition) is 2. The maximum Gasteiger partial charge on any atom is 0.304 e. The minimum atomic E-state index is -0.714. The number of carboxylic acids is 1. The first-order valence-electron chi connectivity index (χ1n) is 11.3. The van der Waals surface area contributed by atoms with E-state index in [1.807, 2.05) is 39.2 Å². The molecule has 0 aliphatic rings. The lowest BCUT2D eigenvalue weighted by atomic mass is 10.1. The summed E-state index contributed by atoms with van der Waals surface area (Å²) in [6, 6.07) is 0. The molecule has 0 aliphatic carbocycles. The molecule has 4 nitrogen and oxygen atoms in total. The van der Waals surface area contributed by atoms with Crippen LogP contribution < -0.4 is 5.32 Å². The molecule has 0 rings (SSSR count). The zero-order chi connectivity index (χ0) is 23.8. The number of carbonyl (C=O) groups excluding carboxylic acids is 1. The van der Waals surface area contributed by atoms with E-state index in [0.29, 0.717) is 6.42 Å². The molecule has 0 saturated heterocycles. The lowest BCUT2D eigenvalue weighted by Gasteiger charge is -1.96. The van der Waals surface area contributed by atoms with Crippen LogP contribution in [0.25, 0.3) is 0 Å². The van der Waals surface area contributed by atoms with Crippen molar-refractivity contribution < 1.29 is 14.7 Å². The number of thioether (sulfide) groups is 1. The third-order valence-corrected chi connectivity index (χ3v) is 3.77. The summed E-state index contributed by atoms with van der Waals surface area (Å²) in [5.74, 6) is 0.0966. The van der Waals surface area contributed by atoms with Crippen molar-refractivity contribution in [2.24, 2.45) is 0 Å². The highest BCUT2D eigenvalue weighted by molar-refractivity contribution is 7.98. The fourth-order valence-electron chi connectivity index (χ4n) is 1.40. The van der Waals surface area contributed by atoms with Gasteiger partial charge in [-0.05, 0) is 20.1 Å². The summed E-state index contributed by atoms with van der Waals surface area (Å²) in [5, 5.41) is 10.5. The zero-order valence-corrected chi connectivity index (χ0v) is 21.9. The molecular formula is C24H53NO3S. The van der Waals surface area contributed by atoms with Crippen LogP contribution in [0.3, 0.4) is 0 Å². The van der Waals surface area contributed by atoms with Gasteiger partial charge in [0.25, 0.3) is 0 Å². The molecule has 0 unspecified atom stereocenters. The van der Waals surface area contributed by atoms with Gasteiger partial charge in [0.05, 0.1) is 6.42 Å². The predicted octanol–water partition coefficient (Wildman–Crippen LogP) is 7.72. The van der Waals surface area contributed by atoms with E-state index < -0.39 is 5.97 Å². The van der Waals surface area contributed by atoms with E-state index in [4.69, 9.17) is 5.11 Å². The topological polar surface area (TPSA) is 66.4 Å². The first-order chi connectivity index (χ1) is 13.8. The molecule has 2 N–H and O–H groups in total. The van der Waals surface area contributed by atoms with Gasteiger partial charge in [0, 0.05) is 19.2 Å². The van der Waals surface area contributed by atoms with Crippen LogP contribution in [0, 0.1) is 0 Å². The van der Waals surface area contributed by atoms with Crippen molar-refractivity contribution in [1.29, 1.82) is 0 Å². The number of unbranched alkanes of at least 4 members (excludes halogenated alkanes) is 6. The van der Waals surface area contributed by atoms with Crippen LogP contribution in [0.4, 0.5) is 0 Å². The van der Waals surface area contributed by atoms with Gasteiger partial charge in [-0.15, -0.1) is 0 Å². The van der Waals surface area contributed by atoms with E-state index in [1.54, 1.807) is 18.8 Å². The average Bonchev–Trinajstić information content (AvgIpc) is 2.73. The molecule has 0 heterocycles. The van der Waals surface area contributed by atoms with Crippen molar-refractivity contribution in [3.05, 3.63) is 12.2 Å². The molecule has 1 amide bonds. The van der Waals surface area contributed by atoms with E-state index in [1.165, 1.54) is 51.4 Å². The van der Waals surface area contributed by atoms with Crippen molar-refractivity contribution in [2.75, 3.05) is 19.1 Å². The Balaban J connectivity index is -0.0000000870. The molecule has 0 spiro atoms. The monoisotopic (exact) mass is 435 g/mol. The highest BCUT2D eigenvalue weighted by atomic mass is 32.2. The summed E-state index contributed by atoms with van der Waals surface area (Å²) in [5.41, 5.74) is 0. The Kier molecular flexibility index (Phi) is 60.8. The Morgan fingerprint density at radius 3 is 1.38 bits per heavy atom. The molecule has 0 bridgehead atoms. The predicted molar refractivity (Wildman–Crippen MR) is 135 cm³/mol. The Morgan fingerprint density at radius 2 is 1.24 bits per heavy atom. The van der Waals surface area contributed by atoms with E-state index in [2.05, 4.69) is 33.0 Å². The van der Waals surface area contributed by atoms with Crippen LogP contribution in [0.5, 0.6) is 0 Å². The van der Waals surface area contributed by atoms with Crippen LogP contribution >= 0.6 is 11.8 Å². The van der Waals surface area contributed by atoms with E-state index in [-0.39, 0.29) is 12.3 Å². The summed E-state index contributed by atoms with van der Waals surface area (Å²) >= 11 is 1.55. The zero-order valence-electron chi connectivity index (χ0n) is 21.1. The molecule has 0 aromatic rings. The smallest absolute Gasteiger partial charge is 0.304 e. The van der Waals surface area contributed by atoms with Gasteiger partial charge in [-0.3, -0.25) is 9.59 Å². The van der Waals surface area contributed by atoms with Gasteiger partial charge < -0.3 is 10.4 Å². The molecule has 0 atom stereocenters. The maximum absolute atomic E-state index is 10.1. The van der Waals surface area contributed by atoms with Crippen LogP contribution in [0.15, 0.2) is 12.2 Å². The van der Waals surface area contributed by atoms with Crippen molar-refractivity contribution in [3.8, 4) is 0 Å². The second-order valence-electron chi connectivity index (χ2n) is 6.30. The number of amides is 1. The molecule has 0 aliphatic heterocycles. The van der Waals surface area contributed by atoms with Gasteiger partial charge in [0.1, 0.15) is 0 Å². The number of aliphatic carboxylic acids is 1. The lowest BCUT2D eigenvalue weighted by Crippen LogP contribution is -2.15. The van der Waals surface area contributed by atoms with Crippen LogP contribution in [0.2, 0.25) is 0 Å². The minimum absolute atomic E-state index is 0.0926. The highest BCUT2D eigenvalue weighted by Gasteiger charge is 1.91. The largest absolute Gasteiger partial charge is 0.481 e. The van der Waals surface area contributed by atoms with Crippen LogP contribution in [-0.4, -0.2) is 36.0 Å². The minimum Gasteiger partial charge on any atom is -0.481 e. The van der Waals surface area contributed by atoms with Gasteiger partial charge in [-0.2, -0.15) is 11.8 Å². The molecule has 5 heteroatoms. The third kappa shape index (κ3) is 86.0. The van der Waals surface area contributed by atoms with Crippen molar-refractivity contribution in [1.82, 2.24) is 5.32 Å². The summed E-state index contributed by atoms with van der Waals surface area (Å²) in [7, 11) is 1.63. The molecule has 0 aromatic heterocycles. The van der Waals surface area contributed by atoms with E-state index in [9.17, 15) is 9.59 Å². The quantitative estimate of drug-likeness (QED) is 0.272. The van der Waals surface area contributed by atoms with Crippen LogP contribution in [-0.2, 0) is 9.59 Å². The summed E-state index contributed by atoms with van der Waals surface area (Å²) in [6.45, 7) is 14.6. The Hall–Kier alpha value is -0.970. The second-order valence-corrected chi connectivity index (χ2v) is 7.29. The number of hydrogen-bond acceptors (Lipinski definition) is 3. The molecule has 0 radical (unpaired) electrons. The number of carboxylic acid groups (broad SMARTS) is 1. The fraction of sp³-hybridized carbons (Fsp3) is 0.833. The van der Waals surface area contributed by atoms with Crippen molar-refractivity contribution >= 4 is 23.6 Å². The molecule has 0 aromatic carbocycles. The average molecular weight is 436 g/mol. The SMILES string of the molecule is C/C=C\C.CCC.CCC(=O)NC.CCCCCCCCC.CSCCC(=O)O. The Morgan fingerprint density at radius 1 is 0.862 bits per heavy atom. The molecule has 0 fully saturated rings. The van der Waals surface area contributed by atoms with Gasteiger partial charge in [0.2, 0.25) is 5.91 Å². The summed E-state index contributed by atoms with van der Waals surface area (Å²) in [6.07, 6.45) is 18.0. The number of nitrogens with one attached hydrogen (secondary N) is 1. The second kappa shape index (κ2) is 45.6. The van der Waals surface area contributed by atoms with Crippen molar-refractivity contribution in [2.45, 2.75) is 113 Å². The van der Waals surface area contributed by atoms with E-state index >= 15 is 0 Å². The third-order valence-electron chi connectivity index (χ3n) is 3.16. The van der Waals surface area contributed by atoms with Gasteiger partial charge >= 0.3 is 5.97 Å². The fourth-order valence-corrected chi connectivity index (χ4v) is 1.78. The lowest BCUT2D eigenvalue weighted by molar-refractivity contribution is -0.136. The molecule has 0 saturated carbocycles. The Labute approximate surface area is 187 Å². The van der Waals surface area contributed by atoms with Crippen molar-refractivity contribution in [3.63, 3.8) is 0 Å². The summed E-state index contributed by atoms with van der Waals surface area (Å²) < 4.78 is 0. The summed E-state index contributed by atoms with van der Waals surface area (Å²) in [4.78, 5) is 19.8. The normalized spacial score (nSPS) is 8.72. The Bertz CT molecular complexity index is 293. The van der Waals surface area contributed by atoms with Gasteiger partial charge in [-0.25, -0.2) is 0 Å². The number of rotatable bonds is 10. The standard InChI is InChI=1S/C9H20.C4H9NO.C4H8O2S.C4H8.C3H8/c1-3-5-7-9-8-6-4-2;1-3-4(6)5-2;1-7-3-2-4(5)6;1-3-4-2;1-3-2/h3-9H2,1-2H3;3H2,1-2H3,(H,5,6);2-3H2,1H3,(H,5,6);3-4H,1-2H3;3H2,1-2H3/b;;;4-3-;. The first kappa shape index (κ1) is 38.6. The molecule has 29 heavy (non-hydrogen) atoms. The van der Waals surface area contributed by atoms with Crippen LogP contribution in [0.1, 0.15) is 113 Å². The first-order valence-corrected chi connectivity index (χ1v) is 12.7. The molecular weight excluding hydrogens is 382 g/mol. The van der Waals surface area contributed by atoms with Gasteiger partial charge in [-0.1, -0.05) is 98.1 Å². The maximum atomic E-state index is 10.1. The molecule has 178 valence electrons.